The Labute approximate surface area is 256 Å². The molecule has 4 aromatic rings. The molecule has 0 spiro atoms. The van der Waals surface area contributed by atoms with Gasteiger partial charge in [0.1, 0.15) is 5.82 Å². The van der Waals surface area contributed by atoms with Gasteiger partial charge in [0.2, 0.25) is 0 Å². The van der Waals surface area contributed by atoms with Gasteiger partial charge in [0.05, 0.1) is 27.9 Å². The summed E-state index contributed by atoms with van der Waals surface area (Å²) >= 11 is 1.70. The number of aromatic nitrogens is 3. The van der Waals surface area contributed by atoms with E-state index in [1.165, 1.54) is 4.90 Å². The molecule has 2 fully saturated rings. The third-order valence-corrected chi connectivity index (χ3v) is 9.57. The van der Waals surface area contributed by atoms with E-state index in [2.05, 4.69) is 31.9 Å². The molecule has 2 aliphatic rings. The van der Waals surface area contributed by atoms with Crippen molar-refractivity contribution in [1.82, 2.24) is 19.9 Å². The Kier molecular flexibility index (Phi) is 7.38. The molecule has 224 valence electrons. The van der Waals surface area contributed by atoms with Crippen LogP contribution in [-0.4, -0.2) is 73.5 Å². The number of carbonyl (C=O) groups is 1. The first-order valence-electron chi connectivity index (χ1n) is 14.7. The Morgan fingerprint density at radius 2 is 1.58 bits per heavy atom. The third kappa shape index (κ3) is 5.57. The minimum absolute atomic E-state index is 0.347. The minimum Gasteiger partial charge on any atom is -0.465 e. The highest BCUT2D eigenvalue weighted by Crippen LogP contribution is 2.54. The lowest BCUT2D eigenvalue weighted by Gasteiger charge is -2.60. The molecule has 0 radical (unpaired) electrons. The van der Waals surface area contributed by atoms with Crippen molar-refractivity contribution in [3.63, 3.8) is 0 Å². The molecule has 43 heavy (non-hydrogen) atoms. The van der Waals surface area contributed by atoms with Gasteiger partial charge in [-0.3, -0.25) is 9.88 Å². The molecule has 0 atom stereocenters. The third-order valence-electron chi connectivity index (χ3n) is 8.41. The molecule has 1 amide bonds. The van der Waals surface area contributed by atoms with E-state index >= 15 is 0 Å². The standard InChI is InChI=1S/C33H38N6O3S/c1-31(2,3)39(30(40)41)33(21-32(4,42)22-33)25-12-10-23(11-13-25)27-28(24-8-6-5-7-9-24)43-29(36-27)38-18-16-37(17-19-38)26-20-34-14-15-35-26/h5-15,20,42H,16-19,21-22H2,1-4H3,(H,40,41). The number of aliphatic hydroxyl groups is 1. The summed E-state index contributed by atoms with van der Waals surface area (Å²) in [6.45, 7) is 10.8. The van der Waals surface area contributed by atoms with Crippen molar-refractivity contribution >= 4 is 28.4 Å². The molecular formula is C33H38N6O3S. The van der Waals surface area contributed by atoms with Gasteiger partial charge in [-0.05, 0) is 38.8 Å². The molecule has 3 heterocycles. The second kappa shape index (κ2) is 10.9. The Hall–Kier alpha value is -4.02. The summed E-state index contributed by atoms with van der Waals surface area (Å²) in [6, 6.07) is 18.4. The van der Waals surface area contributed by atoms with Gasteiger partial charge in [-0.15, -0.1) is 0 Å². The molecule has 0 bridgehead atoms. The predicted octanol–water partition coefficient (Wildman–Crippen LogP) is 6.11. The highest BCUT2D eigenvalue weighted by Gasteiger charge is 2.59. The van der Waals surface area contributed by atoms with E-state index in [-0.39, 0.29) is 0 Å². The van der Waals surface area contributed by atoms with Crippen LogP contribution in [0.4, 0.5) is 15.7 Å². The van der Waals surface area contributed by atoms with Crippen LogP contribution < -0.4 is 9.80 Å². The number of amides is 1. The van der Waals surface area contributed by atoms with Gasteiger partial charge >= 0.3 is 6.09 Å². The lowest BCUT2D eigenvalue weighted by molar-refractivity contribution is -0.152. The van der Waals surface area contributed by atoms with Gasteiger partial charge < -0.3 is 20.0 Å². The average Bonchev–Trinajstić information content (AvgIpc) is 3.42. The quantitative estimate of drug-likeness (QED) is 0.274. The van der Waals surface area contributed by atoms with Crippen LogP contribution in [0.1, 0.15) is 46.1 Å². The summed E-state index contributed by atoms with van der Waals surface area (Å²) in [4.78, 5) is 33.6. The molecule has 10 heteroatoms. The van der Waals surface area contributed by atoms with Crippen molar-refractivity contribution in [2.75, 3.05) is 36.0 Å². The van der Waals surface area contributed by atoms with Crippen LogP contribution in [0, 0.1) is 0 Å². The predicted molar refractivity (Wildman–Crippen MR) is 171 cm³/mol. The van der Waals surface area contributed by atoms with E-state index in [4.69, 9.17) is 4.98 Å². The first-order valence-corrected chi connectivity index (χ1v) is 15.5. The summed E-state index contributed by atoms with van der Waals surface area (Å²) in [5.74, 6) is 0.894. The highest BCUT2D eigenvalue weighted by molar-refractivity contribution is 7.19. The lowest BCUT2D eigenvalue weighted by atomic mass is 9.60. The number of hydrogen-bond donors (Lipinski definition) is 2. The zero-order chi connectivity index (χ0) is 30.4. The minimum atomic E-state index is -0.984. The largest absolute Gasteiger partial charge is 0.465 e. The number of rotatable bonds is 6. The molecule has 0 unspecified atom stereocenters. The first kappa shape index (κ1) is 29.1. The van der Waals surface area contributed by atoms with Gasteiger partial charge in [0, 0.05) is 62.5 Å². The summed E-state index contributed by atoms with van der Waals surface area (Å²) in [7, 11) is 0. The van der Waals surface area contributed by atoms with Gasteiger partial charge in [-0.25, -0.2) is 14.8 Å². The molecule has 2 N–H and O–H groups in total. The van der Waals surface area contributed by atoms with Crippen molar-refractivity contribution in [2.24, 2.45) is 0 Å². The summed E-state index contributed by atoms with van der Waals surface area (Å²) in [6.07, 6.45) is 4.93. The molecule has 1 saturated heterocycles. The lowest BCUT2D eigenvalue weighted by Crippen LogP contribution is -2.67. The van der Waals surface area contributed by atoms with Gasteiger partial charge in [0.25, 0.3) is 0 Å². The van der Waals surface area contributed by atoms with E-state index in [9.17, 15) is 15.0 Å². The van der Waals surface area contributed by atoms with Crippen LogP contribution in [0.5, 0.6) is 0 Å². The van der Waals surface area contributed by atoms with Gasteiger partial charge in [-0.2, -0.15) is 0 Å². The molecule has 1 aliphatic carbocycles. The van der Waals surface area contributed by atoms with Crippen molar-refractivity contribution in [3.05, 3.63) is 78.8 Å². The fourth-order valence-corrected chi connectivity index (χ4v) is 7.90. The molecule has 6 rings (SSSR count). The number of benzene rings is 2. The SMILES string of the molecule is CC1(O)CC(c2ccc(-c3nc(N4CCN(c5cnccn5)CC4)sc3-c3ccccc3)cc2)(N(C(=O)O)C(C)(C)C)C1. The maximum Gasteiger partial charge on any atom is 0.408 e. The zero-order valence-electron chi connectivity index (χ0n) is 25.1. The Balaban J connectivity index is 1.32. The number of piperazine rings is 1. The highest BCUT2D eigenvalue weighted by atomic mass is 32.1. The van der Waals surface area contributed by atoms with Crippen LogP contribution in [-0.2, 0) is 5.54 Å². The number of nitrogens with zero attached hydrogens (tertiary/aromatic N) is 6. The smallest absolute Gasteiger partial charge is 0.408 e. The fraction of sp³-hybridized carbons (Fsp3) is 0.394. The number of anilines is 2. The van der Waals surface area contributed by atoms with E-state index in [1.807, 2.05) is 63.2 Å². The molecule has 1 aliphatic heterocycles. The van der Waals surface area contributed by atoms with Crippen LogP contribution in [0.2, 0.25) is 0 Å². The molecule has 1 saturated carbocycles. The monoisotopic (exact) mass is 598 g/mol. The zero-order valence-corrected chi connectivity index (χ0v) is 25.9. The van der Waals surface area contributed by atoms with Crippen molar-refractivity contribution in [2.45, 2.75) is 57.2 Å². The van der Waals surface area contributed by atoms with Gasteiger partial charge in [0.15, 0.2) is 5.13 Å². The number of carboxylic acid groups (broad SMARTS) is 1. The number of thiazole rings is 1. The fourth-order valence-electron chi connectivity index (χ4n) is 6.76. The summed E-state index contributed by atoms with van der Waals surface area (Å²) in [5, 5.41) is 22.0. The van der Waals surface area contributed by atoms with Gasteiger partial charge in [-0.1, -0.05) is 65.9 Å². The topological polar surface area (TPSA) is 106 Å². The number of hydrogen-bond acceptors (Lipinski definition) is 8. The maximum atomic E-state index is 12.5. The van der Waals surface area contributed by atoms with Crippen molar-refractivity contribution in [1.29, 1.82) is 0 Å². The van der Waals surface area contributed by atoms with Crippen molar-refractivity contribution < 1.29 is 15.0 Å². The Morgan fingerprint density at radius 3 is 2.14 bits per heavy atom. The van der Waals surface area contributed by atoms with Crippen LogP contribution >= 0.6 is 11.3 Å². The van der Waals surface area contributed by atoms with Crippen LogP contribution in [0.3, 0.4) is 0 Å². The molecule has 2 aromatic carbocycles. The van der Waals surface area contributed by atoms with E-state index in [1.54, 1.807) is 36.9 Å². The second-order valence-electron chi connectivity index (χ2n) is 12.8. The Bertz CT molecular complexity index is 1570. The molecular weight excluding hydrogens is 560 g/mol. The van der Waals surface area contributed by atoms with Crippen LogP contribution in [0.15, 0.2) is 73.2 Å². The molecule has 9 nitrogen and oxygen atoms in total. The average molecular weight is 599 g/mol. The Morgan fingerprint density at radius 1 is 0.930 bits per heavy atom. The normalized spacial score (nSPS) is 22.3. The molecule has 2 aromatic heterocycles. The van der Waals surface area contributed by atoms with E-state index < -0.39 is 22.8 Å². The first-order chi connectivity index (χ1) is 20.5. The second-order valence-corrected chi connectivity index (χ2v) is 13.8. The van der Waals surface area contributed by atoms with Crippen LogP contribution in [0.25, 0.3) is 21.7 Å². The summed E-state index contributed by atoms with van der Waals surface area (Å²) < 4.78 is 0. The van der Waals surface area contributed by atoms with E-state index in [0.717, 1.165) is 64.4 Å². The van der Waals surface area contributed by atoms with E-state index in [0.29, 0.717) is 12.8 Å². The maximum absolute atomic E-state index is 12.5. The van der Waals surface area contributed by atoms with Crippen molar-refractivity contribution in [3.8, 4) is 21.7 Å². The summed E-state index contributed by atoms with van der Waals surface area (Å²) in [5.41, 5.74) is 1.53.